The molecule has 0 spiro atoms. The number of piperidine rings is 2. The van der Waals surface area contributed by atoms with Gasteiger partial charge in [-0.2, -0.15) is 10.2 Å². The predicted molar refractivity (Wildman–Crippen MR) is 279 cm³/mol. The number of pyridine rings is 1. The molecule has 73 heavy (non-hydrogen) atoms. The fourth-order valence-corrected chi connectivity index (χ4v) is 9.55. The summed E-state index contributed by atoms with van der Waals surface area (Å²) in [7, 11) is 0. The molecular weight excluding hydrogens is 945 g/mol. The summed E-state index contributed by atoms with van der Waals surface area (Å²) in [6, 6.07) is 17.8. The van der Waals surface area contributed by atoms with E-state index < -0.39 is 0 Å². The number of nitrogen functional groups attached to an aromatic ring is 2. The van der Waals surface area contributed by atoms with Crippen molar-refractivity contribution in [1.82, 2.24) is 59.3 Å². The van der Waals surface area contributed by atoms with Gasteiger partial charge >= 0.3 is 0 Å². The number of likely N-dealkylation sites (tertiary alicyclic amines) is 2. The normalized spacial score (nSPS) is 15.3. The van der Waals surface area contributed by atoms with Crippen LogP contribution in [0.2, 0.25) is 0 Å². The highest BCUT2D eigenvalue weighted by molar-refractivity contribution is 7.15. The van der Waals surface area contributed by atoms with Gasteiger partial charge in [0, 0.05) is 65.7 Å². The Kier molecular flexibility index (Phi) is 14.4. The van der Waals surface area contributed by atoms with Gasteiger partial charge in [-0.15, -0.1) is 11.3 Å². The highest BCUT2D eigenvalue weighted by Crippen LogP contribution is 2.36. The van der Waals surface area contributed by atoms with Crippen LogP contribution in [0, 0.1) is 37.5 Å². The van der Waals surface area contributed by atoms with E-state index in [9.17, 15) is 19.2 Å². The summed E-state index contributed by atoms with van der Waals surface area (Å²) in [6.07, 6.45) is 9.56. The number of thiazole rings is 1. The lowest BCUT2D eigenvalue weighted by Gasteiger charge is -2.31. The maximum Gasteiger partial charge on any atom is 0.298 e. The molecule has 0 bridgehead atoms. The molecule has 8 aromatic rings. The number of hydrogen-bond acceptors (Lipinski definition) is 15. The number of aryl methyl sites for hydroxylation is 2. The zero-order chi connectivity index (χ0) is 51.2. The van der Waals surface area contributed by atoms with Crippen molar-refractivity contribution < 1.29 is 19.2 Å². The Labute approximate surface area is 423 Å². The molecule has 0 aliphatic carbocycles. The topological polar surface area (TPSA) is 264 Å². The minimum Gasteiger partial charge on any atom is -0.383 e. The van der Waals surface area contributed by atoms with Gasteiger partial charge in [-0.25, -0.2) is 39.3 Å². The van der Waals surface area contributed by atoms with Gasteiger partial charge < -0.3 is 26.6 Å². The summed E-state index contributed by atoms with van der Waals surface area (Å²) in [6.45, 7) is 9.48. The Balaban J connectivity index is 0.000000180. The Morgan fingerprint density at radius 3 is 1.59 bits per heavy atom. The van der Waals surface area contributed by atoms with Crippen molar-refractivity contribution >= 4 is 79.6 Å². The number of carbonyl (C=O) groups excluding carboxylic acids is 4. The molecule has 2 atom stereocenters. The zero-order valence-corrected chi connectivity index (χ0v) is 41.3. The van der Waals surface area contributed by atoms with Crippen molar-refractivity contribution in [2.24, 2.45) is 0 Å². The fourth-order valence-electron chi connectivity index (χ4n) is 8.89. The van der Waals surface area contributed by atoms with Crippen LogP contribution < -0.4 is 22.1 Å². The first-order chi connectivity index (χ1) is 35.4. The van der Waals surface area contributed by atoms with Crippen LogP contribution in [-0.4, -0.2) is 109 Å². The molecule has 2 fully saturated rings. The number of fused-ring (bicyclic) bond motifs is 2. The van der Waals surface area contributed by atoms with Crippen LogP contribution >= 0.6 is 11.3 Å². The molecule has 2 aliphatic rings. The van der Waals surface area contributed by atoms with E-state index in [4.69, 9.17) is 21.7 Å². The van der Waals surface area contributed by atoms with Gasteiger partial charge in [0.1, 0.15) is 41.5 Å². The quantitative estimate of drug-likeness (QED) is 0.119. The van der Waals surface area contributed by atoms with E-state index in [1.807, 2.05) is 59.6 Å². The summed E-state index contributed by atoms with van der Waals surface area (Å²) < 4.78 is 3.68. The van der Waals surface area contributed by atoms with Crippen LogP contribution in [0.25, 0.3) is 44.6 Å². The zero-order valence-electron chi connectivity index (χ0n) is 40.5. The van der Waals surface area contributed by atoms with Crippen molar-refractivity contribution in [3.8, 4) is 46.2 Å². The van der Waals surface area contributed by atoms with Crippen molar-refractivity contribution in [2.45, 2.75) is 65.5 Å². The minimum atomic E-state index is -0.259. The highest BCUT2D eigenvalue weighted by atomic mass is 32.1. The number of benzene rings is 2. The van der Waals surface area contributed by atoms with Crippen LogP contribution in [0.4, 0.5) is 22.6 Å². The molecule has 0 radical (unpaired) electrons. The van der Waals surface area contributed by atoms with E-state index in [0.29, 0.717) is 93.3 Å². The van der Waals surface area contributed by atoms with E-state index in [1.54, 1.807) is 60.3 Å². The van der Waals surface area contributed by atoms with Crippen LogP contribution in [0.3, 0.4) is 0 Å². The molecule has 0 saturated carbocycles. The van der Waals surface area contributed by atoms with E-state index in [-0.39, 0.29) is 35.7 Å². The second-order valence-corrected chi connectivity index (χ2v) is 18.6. The highest BCUT2D eigenvalue weighted by Gasteiger charge is 2.30. The molecule has 368 valence electrons. The second kappa shape index (κ2) is 21.5. The molecule has 6 N–H and O–H groups in total. The third-order valence-electron chi connectivity index (χ3n) is 12.4. The van der Waals surface area contributed by atoms with E-state index >= 15 is 0 Å². The molecule has 20 nitrogen and oxygen atoms in total. The van der Waals surface area contributed by atoms with Gasteiger partial charge in [-0.3, -0.25) is 24.5 Å². The third-order valence-corrected chi connectivity index (χ3v) is 13.2. The van der Waals surface area contributed by atoms with Crippen LogP contribution in [0.1, 0.15) is 82.8 Å². The number of nitrogens with one attached hydrogen (secondary N) is 2. The number of hydrogen-bond donors (Lipinski definition) is 4. The van der Waals surface area contributed by atoms with Crippen molar-refractivity contribution in [2.75, 3.05) is 48.3 Å². The minimum absolute atomic E-state index is 0.0706. The van der Waals surface area contributed by atoms with Crippen LogP contribution in [-0.2, 0) is 9.59 Å². The number of anilines is 4. The van der Waals surface area contributed by atoms with E-state index in [2.05, 4.69) is 64.2 Å². The van der Waals surface area contributed by atoms with Gasteiger partial charge in [0.25, 0.3) is 23.6 Å². The van der Waals surface area contributed by atoms with Gasteiger partial charge in [-0.1, -0.05) is 36.1 Å². The summed E-state index contributed by atoms with van der Waals surface area (Å²) in [4.78, 5) is 80.3. The SMILES string of the molecule is CC#CC(=O)N1CCCC(n2nc(-c3ccc(C(=O)Nc4cc(C)ccn4)cc3)c3c(N)ncnc32)C1.CC#CC(=O)N1CCCC(n2nc(-c3ccc(C(=O)Nc4ncc(C)s4)cc3)c3c(N)ncnc32)C1. The largest absolute Gasteiger partial charge is 0.383 e. The average molecular weight is 995 g/mol. The van der Waals surface area contributed by atoms with Gasteiger partial charge in [-0.05, 0) is 107 Å². The monoisotopic (exact) mass is 994 g/mol. The first-order valence-electron chi connectivity index (χ1n) is 23.5. The van der Waals surface area contributed by atoms with Crippen molar-refractivity contribution in [1.29, 1.82) is 0 Å². The molecule has 21 heteroatoms. The number of aromatic nitrogens is 10. The predicted octanol–water partition coefficient (Wildman–Crippen LogP) is 6.50. The first kappa shape index (κ1) is 48.9. The lowest BCUT2D eigenvalue weighted by molar-refractivity contribution is -0.127. The Morgan fingerprint density at radius 1 is 0.644 bits per heavy atom. The Morgan fingerprint density at radius 2 is 1.14 bits per heavy atom. The van der Waals surface area contributed by atoms with Crippen molar-refractivity contribution in [3.63, 3.8) is 0 Å². The summed E-state index contributed by atoms with van der Waals surface area (Å²) in [5.41, 5.74) is 18.5. The Bertz CT molecular complexity index is 3530. The summed E-state index contributed by atoms with van der Waals surface area (Å²) >= 11 is 1.42. The molecule has 4 amide bonds. The molecule has 6 aromatic heterocycles. The third kappa shape index (κ3) is 10.7. The fraction of sp³-hybridized carbons (Fsp3) is 0.269. The lowest BCUT2D eigenvalue weighted by atomic mass is 10.1. The molecule has 2 unspecified atom stereocenters. The number of carbonyl (C=O) groups is 4. The lowest BCUT2D eigenvalue weighted by Crippen LogP contribution is -2.40. The van der Waals surface area contributed by atoms with Crippen LogP contribution in [0.5, 0.6) is 0 Å². The number of amides is 4. The number of rotatable bonds is 8. The van der Waals surface area contributed by atoms with E-state index in [1.165, 1.54) is 24.0 Å². The van der Waals surface area contributed by atoms with Gasteiger partial charge in [0.2, 0.25) is 0 Å². The Hall–Kier alpha value is -9.08. The molecule has 2 aromatic carbocycles. The van der Waals surface area contributed by atoms with Crippen LogP contribution in [0.15, 0.2) is 85.7 Å². The van der Waals surface area contributed by atoms with Gasteiger partial charge in [0.05, 0.1) is 22.9 Å². The molecule has 8 heterocycles. The standard InChI is InChI=1S/C27H26N8O2.C25H24N8O2S/c1-3-5-22(36)34-13-4-6-20(15-34)35-26-23(25(28)30-16-31-26)24(33-35)18-7-9-19(10-8-18)27(37)32-21-14-17(2)11-12-29-21;1-3-5-19(34)32-11-4-6-18(13-32)33-23-20(22(26)28-14-29-23)21(31-33)16-7-9-17(10-8-16)24(35)30-25-27-12-15(2)36-25/h7-12,14,16,20H,4,6,13,15H2,1-2H3,(H2,28,30,31)(H,29,32,37);7-10,12,14,18H,4,6,11,13H2,1-2H3,(H2,26,28,29)(H,27,30,35). The average Bonchev–Trinajstić information content (AvgIpc) is 4.13. The maximum absolute atomic E-state index is 12.7. The molecule has 2 aliphatic heterocycles. The summed E-state index contributed by atoms with van der Waals surface area (Å²) in [5, 5.41) is 17.2. The molecular formula is C52H50N16O4S. The summed E-state index contributed by atoms with van der Waals surface area (Å²) in [5.74, 6) is 10.9. The number of nitrogens with two attached hydrogens (primary N) is 2. The molecule has 10 rings (SSSR count). The van der Waals surface area contributed by atoms with Gasteiger partial charge in [0.15, 0.2) is 16.4 Å². The second-order valence-electron chi connectivity index (χ2n) is 17.4. The molecule has 2 saturated heterocycles. The maximum atomic E-state index is 12.7. The number of nitrogens with zero attached hydrogens (tertiary/aromatic N) is 12. The first-order valence-corrected chi connectivity index (χ1v) is 24.3. The van der Waals surface area contributed by atoms with E-state index in [0.717, 1.165) is 47.3 Å². The smallest absolute Gasteiger partial charge is 0.298 e. The van der Waals surface area contributed by atoms with Crippen molar-refractivity contribution in [3.05, 3.63) is 107 Å².